The number of nitrogens with one attached hydrogen (secondary N) is 1. The SMILES string of the molecule is C[C@@H](F)COc1ccc(C(=O)N2CCC(F)(F)C(=CC(=O)NCCO)c3cc(F)ccc32)c(C(F)(F)F)c1. The van der Waals surface area contributed by atoms with E-state index in [9.17, 15) is 31.5 Å². The highest BCUT2D eigenvalue weighted by Gasteiger charge is 2.43. The van der Waals surface area contributed by atoms with Crippen molar-refractivity contribution in [2.45, 2.75) is 31.6 Å². The zero-order valence-corrected chi connectivity index (χ0v) is 19.9. The lowest BCUT2D eigenvalue weighted by Gasteiger charge is -2.25. The number of fused-ring (bicyclic) bond motifs is 1. The number of aliphatic hydroxyl groups excluding tert-OH is 1. The van der Waals surface area contributed by atoms with Gasteiger partial charge in [-0.05, 0) is 43.3 Å². The van der Waals surface area contributed by atoms with E-state index in [4.69, 9.17) is 9.84 Å². The van der Waals surface area contributed by atoms with Crippen LogP contribution in [0.5, 0.6) is 5.75 Å². The zero-order chi connectivity index (χ0) is 28.3. The molecule has 0 bridgehead atoms. The van der Waals surface area contributed by atoms with Gasteiger partial charge in [-0.3, -0.25) is 9.59 Å². The van der Waals surface area contributed by atoms with Crippen LogP contribution in [0.15, 0.2) is 42.5 Å². The molecule has 1 aliphatic heterocycles. The molecule has 0 aliphatic carbocycles. The summed E-state index contributed by atoms with van der Waals surface area (Å²) in [6.07, 6.45) is -7.14. The van der Waals surface area contributed by atoms with Gasteiger partial charge in [-0.15, -0.1) is 0 Å². The number of nitrogens with zero attached hydrogens (tertiary/aromatic N) is 1. The Hall–Kier alpha value is -3.61. The summed E-state index contributed by atoms with van der Waals surface area (Å²) in [5.74, 6) is -7.46. The maximum atomic E-state index is 15.1. The Balaban J connectivity index is 2.12. The van der Waals surface area contributed by atoms with Crippen molar-refractivity contribution in [1.29, 1.82) is 0 Å². The first-order valence-electron chi connectivity index (χ1n) is 11.3. The van der Waals surface area contributed by atoms with Gasteiger partial charge in [0.15, 0.2) is 0 Å². The lowest BCUT2D eigenvalue weighted by molar-refractivity contribution is -0.138. The number of amides is 2. The van der Waals surface area contributed by atoms with Crippen molar-refractivity contribution in [1.82, 2.24) is 5.32 Å². The first-order valence-corrected chi connectivity index (χ1v) is 11.3. The fourth-order valence-corrected chi connectivity index (χ4v) is 3.81. The molecule has 2 aromatic carbocycles. The van der Waals surface area contributed by atoms with Crippen molar-refractivity contribution in [3.05, 3.63) is 65.0 Å². The Labute approximate surface area is 212 Å². The first kappa shape index (κ1) is 29.0. The predicted octanol–water partition coefficient (Wildman–Crippen LogP) is 4.76. The van der Waals surface area contributed by atoms with Gasteiger partial charge in [0, 0.05) is 36.7 Å². The number of carbonyl (C=O) groups excluding carboxylic acids is 2. The normalized spacial score (nSPS) is 17.0. The monoisotopic (exact) mass is 548 g/mol. The molecule has 0 radical (unpaired) electrons. The van der Waals surface area contributed by atoms with E-state index in [1.54, 1.807) is 0 Å². The van der Waals surface area contributed by atoms with Crippen molar-refractivity contribution in [3.63, 3.8) is 0 Å². The number of hydrogen-bond donors (Lipinski definition) is 2. The molecule has 2 N–H and O–H groups in total. The molecule has 206 valence electrons. The number of rotatable bonds is 7. The van der Waals surface area contributed by atoms with Crippen LogP contribution in [-0.2, 0) is 11.0 Å². The van der Waals surface area contributed by atoms with E-state index in [1.165, 1.54) is 0 Å². The van der Waals surface area contributed by atoms with Gasteiger partial charge in [-0.25, -0.2) is 17.6 Å². The second-order valence-electron chi connectivity index (χ2n) is 8.44. The number of benzene rings is 2. The minimum Gasteiger partial charge on any atom is -0.491 e. The van der Waals surface area contributed by atoms with Crippen LogP contribution in [0.4, 0.5) is 36.4 Å². The Morgan fingerprint density at radius 3 is 2.55 bits per heavy atom. The van der Waals surface area contributed by atoms with Gasteiger partial charge >= 0.3 is 6.18 Å². The molecular formula is C25H23F7N2O4. The van der Waals surface area contributed by atoms with E-state index in [1.807, 2.05) is 0 Å². The number of hydrogen-bond acceptors (Lipinski definition) is 4. The number of halogens is 7. The molecule has 1 atom stereocenters. The van der Waals surface area contributed by atoms with Crippen LogP contribution in [0, 0.1) is 5.82 Å². The van der Waals surface area contributed by atoms with Crippen LogP contribution in [0.3, 0.4) is 0 Å². The van der Waals surface area contributed by atoms with Gasteiger partial charge in [-0.2, -0.15) is 13.2 Å². The molecule has 38 heavy (non-hydrogen) atoms. The Kier molecular flexibility index (Phi) is 8.70. The van der Waals surface area contributed by atoms with Gasteiger partial charge in [0.1, 0.15) is 24.3 Å². The number of aliphatic hydroxyl groups is 1. The molecule has 0 saturated carbocycles. The summed E-state index contributed by atoms with van der Waals surface area (Å²) in [6.45, 7) is -0.895. The molecule has 13 heteroatoms. The van der Waals surface area contributed by atoms with Crippen LogP contribution in [0.25, 0.3) is 5.57 Å². The summed E-state index contributed by atoms with van der Waals surface area (Å²) in [5, 5.41) is 11.0. The van der Waals surface area contributed by atoms with E-state index in [2.05, 4.69) is 5.32 Å². The molecule has 6 nitrogen and oxygen atoms in total. The third-order valence-electron chi connectivity index (χ3n) is 5.52. The number of ether oxygens (including phenoxy) is 1. The van der Waals surface area contributed by atoms with Gasteiger partial charge < -0.3 is 20.1 Å². The van der Waals surface area contributed by atoms with Crippen molar-refractivity contribution in [2.24, 2.45) is 0 Å². The van der Waals surface area contributed by atoms with Crippen molar-refractivity contribution >= 4 is 23.1 Å². The molecule has 0 aromatic heterocycles. The van der Waals surface area contributed by atoms with Crippen molar-refractivity contribution in [3.8, 4) is 5.75 Å². The molecule has 0 fully saturated rings. The molecule has 2 amide bonds. The number of allylic oxidation sites excluding steroid dienone is 1. The Morgan fingerprint density at radius 2 is 1.92 bits per heavy atom. The molecule has 1 heterocycles. The third-order valence-corrected chi connectivity index (χ3v) is 5.52. The molecule has 1 aliphatic rings. The summed E-state index contributed by atoms with van der Waals surface area (Å²) >= 11 is 0. The van der Waals surface area contributed by atoms with Gasteiger partial charge in [-0.1, -0.05) is 0 Å². The number of carbonyl (C=O) groups is 2. The van der Waals surface area contributed by atoms with E-state index < -0.39 is 84.3 Å². The van der Waals surface area contributed by atoms with E-state index in [-0.39, 0.29) is 18.0 Å². The zero-order valence-electron chi connectivity index (χ0n) is 19.9. The molecule has 0 unspecified atom stereocenters. The van der Waals surface area contributed by atoms with Crippen LogP contribution in [0.1, 0.15) is 34.8 Å². The second kappa shape index (κ2) is 11.4. The largest absolute Gasteiger partial charge is 0.491 e. The fraction of sp³-hybridized carbons (Fsp3) is 0.360. The summed E-state index contributed by atoms with van der Waals surface area (Å²) in [5.41, 5.74) is -4.19. The first-order chi connectivity index (χ1) is 17.7. The van der Waals surface area contributed by atoms with Gasteiger partial charge in [0.2, 0.25) is 5.91 Å². The number of anilines is 1. The topological polar surface area (TPSA) is 78.9 Å². The van der Waals surface area contributed by atoms with Crippen LogP contribution in [-0.4, -0.2) is 55.3 Å². The van der Waals surface area contributed by atoms with E-state index >= 15 is 8.78 Å². The van der Waals surface area contributed by atoms with Gasteiger partial charge in [0.05, 0.1) is 23.4 Å². The van der Waals surface area contributed by atoms with Gasteiger partial charge in [0.25, 0.3) is 11.8 Å². The highest BCUT2D eigenvalue weighted by molar-refractivity contribution is 6.10. The predicted molar refractivity (Wildman–Crippen MR) is 123 cm³/mol. The lowest BCUT2D eigenvalue weighted by Crippen LogP contribution is -2.34. The third kappa shape index (κ3) is 6.63. The molecule has 3 rings (SSSR count). The average Bonchev–Trinajstić information content (AvgIpc) is 2.94. The maximum Gasteiger partial charge on any atom is 0.417 e. The smallest absolute Gasteiger partial charge is 0.417 e. The quantitative estimate of drug-likeness (QED) is 0.387. The Morgan fingerprint density at radius 1 is 1.21 bits per heavy atom. The number of alkyl halides is 6. The highest BCUT2D eigenvalue weighted by Crippen LogP contribution is 2.44. The summed E-state index contributed by atoms with van der Waals surface area (Å²) in [7, 11) is 0. The summed E-state index contributed by atoms with van der Waals surface area (Å²) in [4.78, 5) is 26.2. The fourth-order valence-electron chi connectivity index (χ4n) is 3.81. The van der Waals surface area contributed by atoms with Crippen molar-refractivity contribution < 1.29 is 50.2 Å². The summed E-state index contributed by atoms with van der Waals surface area (Å²) in [6, 6.07) is 4.75. The standard InChI is InChI=1S/C25H23F7N2O4/c1-14(26)13-38-16-3-4-17(20(11-16)25(30,31)32)23(37)34-8-6-24(28,29)19(12-22(36)33-7-9-35)18-10-15(27)2-5-21(18)34/h2-5,10-12,14,35H,6-9,13H2,1H3,(H,33,36)/t14-/m1/s1. The molecule has 0 saturated heterocycles. The Bertz CT molecular complexity index is 1230. The van der Waals surface area contributed by atoms with Crippen LogP contribution >= 0.6 is 0 Å². The minimum absolute atomic E-state index is 0.251. The second-order valence-corrected chi connectivity index (χ2v) is 8.44. The minimum atomic E-state index is -5.07. The molecular weight excluding hydrogens is 525 g/mol. The van der Waals surface area contributed by atoms with E-state index in [0.717, 1.165) is 31.2 Å². The summed E-state index contributed by atoms with van der Waals surface area (Å²) < 4.78 is 104. The highest BCUT2D eigenvalue weighted by atomic mass is 19.4. The molecule has 2 aromatic rings. The van der Waals surface area contributed by atoms with Crippen LogP contribution in [0.2, 0.25) is 0 Å². The van der Waals surface area contributed by atoms with E-state index in [0.29, 0.717) is 23.1 Å². The average molecular weight is 548 g/mol. The van der Waals surface area contributed by atoms with Crippen LogP contribution < -0.4 is 15.0 Å². The lowest BCUT2D eigenvalue weighted by atomic mass is 9.96. The maximum absolute atomic E-state index is 15.1. The molecule has 0 spiro atoms. The van der Waals surface area contributed by atoms with Crippen molar-refractivity contribution in [2.75, 3.05) is 31.2 Å².